The van der Waals surface area contributed by atoms with Gasteiger partial charge in [-0.25, -0.2) is 0 Å². The molecule has 3 aromatic rings. The molecule has 2 aliphatic heterocycles. The number of hydrogen-bond donors (Lipinski definition) is 1. The molecule has 0 bridgehead atoms. The third-order valence-corrected chi connectivity index (χ3v) is 5.98. The van der Waals surface area contributed by atoms with Crippen molar-refractivity contribution in [2.45, 2.75) is 20.4 Å². The number of fused-ring (bicyclic) bond motifs is 1. The number of aryl methyl sites for hydroxylation is 2. The fourth-order valence-corrected chi connectivity index (χ4v) is 4.08. The molecule has 6 nitrogen and oxygen atoms in total. The number of anilines is 1. The number of imide groups is 1. The van der Waals surface area contributed by atoms with E-state index in [1.165, 1.54) is 4.90 Å². The third kappa shape index (κ3) is 3.94. The largest absolute Gasteiger partial charge is 0.454 e. The van der Waals surface area contributed by atoms with E-state index in [1.807, 2.05) is 50.2 Å². The van der Waals surface area contributed by atoms with E-state index in [1.54, 1.807) is 24.3 Å². The van der Waals surface area contributed by atoms with Crippen LogP contribution in [-0.4, -0.2) is 23.5 Å². The molecule has 1 N–H and O–H groups in total. The highest BCUT2D eigenvalue weighted by molar-refractivity contribution is 6.36. The molecule has 0 fully saturated rings. The molecule has 2 amide bonds. The van der Waals surface area contributed by atoms with Gasteiger partial charge in [0.05, 0.1) is 12.1 Å². The van der Waals surface area contributed by atoms with Crippen LogP contribution < -0.4 is 14.8 Å². The van der Waals surface area contributed by atoms with Crippen LogP contribution in [0.4, 0.5) is 5.69 Å². The average molecular weight is 461 g/mol. The molecule has 166 valence electrons. The molecule has 3 aromatic carbocycles. The summed E-state index contributed by atoms with van der Waals surface area (Å²) in [7, 11) is 0. The van der Waals surface area contributed by atoms with Crippen LogP contribution in [0.3, 0.4) is 0 Å². The summed E-state index contributed by atoms with van der Waals surface area (Å²) in [5.74, 6) is 0.498. The smallest absolute Gasteiger partial charge is 0.278 e. The molecule has 0 atom stereocenters. The second-order valence-electron chi connectivity index (χ2n) is 8.08. The van der Waals surface area contributed by atoms with Crippen molar-refractivity contribution in [3.05, 3.63) is 93.6 Å². The Morgan fingerprint density at radius 3 is 2.45 bits per heavy atom. The predicted octanol–water partition coefficient (Wildman–Crippen LogP) is 5.08. The number of carbonyl (C=O) groups excluding carboxylic acids is 2. The van der Waals surface area contributed by atoms with E-state index in [4.69, 9.17) is 21.1 Å². The van der Waals surface area contributed by atoms with Gasteiger partial charge < -0.3 is 14.8 Å². The van der Waals surface area contributed by atoms with Gasteiger partial charge in [0.2, 0.25) is 6.79 Å². The SMILES string of the molecule is Cc1ccc(C2=C(Nc3cc(Cl)ccc3C)C(=O)N(Cc3ccc4c(c3)OCO4)C2=O)cc1. The zero-order valence-corrected chi connectivity index (χ0v) is 18.9. The minimum absolute atomic E-state index is 0.114. The molecule has 0 unspecified atom stereocenters. The number of benzene rings is 3. The highest BCUT2D eigenvalue weighted by atomic mass is 35.5. The van der Waals surface area contributed by atoms with Crippen LogP contribution in [0.15, 0.2) is 66.4 Å². The van der Waals surface area contributed by atoms with Gasteiger partial charge in [-0.3, -0.25) is 14.5 Å². The van der Waals surface area contributed by atoms with E-state index in [-0.39, 0.29) is 24.9 Å². The second-order valence-corrected chi connectivity index (χ2v) is 8.52. The molecule has 0 saturated carbocycles. The highest BCUT2D eigenvalue weighted by Gasteiger charge is 2.39. The molecule has 0 aromatic heterocycles. The Kier molecular flexibility index (Phi) is 5.30. The molecule has 2 heterocycles. The van der Waals surface area contributed by atoms with Crippen LogP contribution in [-0.2, 0) is 16.1 Å². The molecule has 33 heavy (non-hydrogen) atoms. The van der Waals surface area contributed by atoms with Crippen molar-refractivity contribution in [3.63, 3.8) is 0 Å². The van der Waals surface area contributed by atoms with Gasteiger partial charge >= 0.3 is 0 Å². The van der Waals surface area contributed by atoms with Gasteiger partial charge in [0.1, 0.15) is 5.70 Å². The fourth-order valence-electron chi connectivity index (χ4n) is 3.91. The van der Waals surface area contributed by atoms with E-state index < -0.39 is 5.91 Å². The first-order chi connectivity index (χ1) is 15.9. The normalized spacial score (nSPS) is 14.9. The molecule has 0 saturated heterocycles. The average Bonchev–Trinajstić information content (AvgIpc) is 3.35. The van der Waals surface area contributed by atoms with Crippen LogP contribution in [0.25, 0.3) is 5.57 Å². The number of amides is 2. The Hall–Kier alpha value is -3.77. The van der Waals surface area contributed by atoms with Gasteiger partial charge in [0.15, 0.2) is 11.5 Å². The minimum Gasteiger partial charge on any atom is -0.454 e. The zero-order valence-electron chi connectivity index (χ0n) is 18.1. The lowest BCUT2D eigenvalue weighted by Gasteiger charge is -2.16. The maximum atomic E-state index is 13.5. The summed E-state index contributed by atoms with van der Waals surface area (Å²) in [5.41, 5.74) is 4.65. The van der Waals surface area contributed by atoms with Crippen molar-refractivity contribution in [1.82, 2.24) is 4.90 Å². The number of ether oxygens (including phenoxy) is 2. The Labute approximate surface area is 196 Å². The van der Waals surface area contributed by atoms with E-state index in [2.05, 4.69) is 5.32 Å². The third-order valence-electron chi connectivity index (χ3n) is 5.75. The number of rotatable bonds is 5. The highest BCUT2D eigenvalue weighted by Crippen LogP contribution is 2.36. The lowest BCUT2D eigenvalue weighted by atomic mass is 10.0. The maximum absolute atomic E-state index is 13.5. The van der Waals surface area contributed by atoms with Crippen LogP contribution in [0.1, 0.15) is 22.3 Å². The lowest BCUT2D eigenvalue weighted by molar-refractivity contribution is -0.137. The van der Waals surface area contributed by atoms with Crippen LogP contribution in [0.5, 0.6) is 11.5 Å². The predicted molar refractivity (Wildman–Crippen MR) is 126 cm³/mol. The molecule has 0 spiro atoms. The quantitative estimate of drug-likeness (QED) is 0.538. The Balaban J connectivity index is 1.53. The minimum atomic E-state index is -0.396. The number of nitrogens with one attached hydrogen (secondary N) is 1. The fraction of sp³-hybridized carbons (Fsp3) is 0.154. The number of halogens is 1. The number of hydrogen-bond acceptors (Lipinski definition) is 5. The summed E-state index contributed by atoms with van der Waals surface area (Å²) in [4.78, 5) is 28.3. The summed E-state index contributed by atoms with van der Waals surface area (Å²) in [6.45, 7) is 4.16. The van der Waals surface area contributed by atoms with Crippen molar-refractivity contribution >= 4 is 34.7 Å². The van der Waals surface area contributed by atoms with Crippen molar-refractivity contribution < 1.29 is 19.1 Å². The Bertz CT molecular complexity index is 1310. The topological polar surface area (TPSA) is 67.9 Å². The first kappa shape index (κ1) is 21.1. The monoisotopic (exact) mass is 460 g/mol. The van der Waals surface area contributed by atoms with Gasteiger partial charge in [-0.05, 0) is 54.8 Å². The number of nitrogens with zero attached hydrogens (tertiary/aromatic N) is 1. The first-order valence-electron chi connectivity index (χ1n) is 10.5. The van der Waals surface area contributed by atoms with E-state index in [9.17, 15) is 9.59 Å². The first-order valence-corrected chi connectivity index (χ1v) is 10.9. The zero-order chi connectivity index (χ0) is 23.1. The Morgan fingerprint density at radius 2 is 1.67 bits per heavy atom. The summed E-state index contributed by atoms with van der Waals surface area (Å²) in [6, 6.07) is 18.3. The number of carbonyl (C=O) groups is 2. The van der Waals surface area contributed by atoms with Gasteiger partial charge in [0.25, 0.3) is 11.8 Å². The standard InChI is InChI=1S/C26H21ClN2O4/c1-15-3-7-18(8-4-15)23-24(28-20-12-19(27)9-5-16(20)2)26(31)29(25(23)30)13-17-6-10-21-22(11-17)33-14-32-21/h3-12,28H,13-14H2,1-2H3. The molecule has 7 heteroatoms. The Morgan fingerprint density at radius 1 is 0.909 bits per heavy atom. The van der Waals surface area contributed by atoms with Gasteiger partial charge in [0, 0.05) is 10.7 Å². The van der Waals surface area contributed by atoms with Crippen LogP contribution >= 0.6 is 11.6 Å². The van der Waals surface area contributed by atoms with E-state index >= 15 is 0 Å². The molecule has 5 rings (SSSR count). The van der Waals surface area contributed by atoms with Gasteiger partial charge in [-0.2, -0.15) is 0 Å². The summed E-state index contributed by atoms with van der Waals surface area (Å²) >= 11 is 6.18. The van der Waals surface area contributed by atoms with Crippen molar-refractivity contribution in [3.8, 4) is 11.5 Å². The van der Waals surface area contributed by atoms with Crippen molar-refractivity contribution in [2.24, 2.45) is 0 Å². The lowest BCUT2D eigenvalue weighted by Crippen LogP contribution is -2.32. The van der Waals surface area contributed by atoms with Crippen molar-refractivity contribution in [2.75, 3.05) is 12.1 Å². The summed E-state index contributed by atoms with van der Waals surface area (Å²) in [6.07, 6.45) is 0. The van der Waals surface area contributed by atoms with E-state index in [0.29, 0.717) is 33.3 Å². The second kappa shape index (κ2) is 8.30. The molecule has 2 aliphatic rings. The molecule has 0 radical (unpaired) electrons. The van der Waals surface area contributed by atoms with Gasteiger partial charge in [-0.15, -0.1) is 0 Å². The molecular formula is C26H21ClN2O4. The maximum Gasteiger partial charge on any atom is 0.278 e. The van der Waals surface area contributed by atoms with Crippen LogP contribution in [0.2, 0.25) is 5.02 Å². The van der Waals surface area contributed by atoms with Crippen molar-refractivity contribution in [1.29, 1.82) is 0 Å². The summed E-state index contributed by atoms with van der Waals surface area (Å²) < 4.78 is 10.8. The summed E-state index contributed by atoms with van der Waals surface area (Å²) in [5, 5.41) is 3.73. The van der Waals surface area contributed by atoms with Gasteiger partial charge in [-0.1, -0.05) is 53.6 Å². The van der Waals surface area contributed by atoms with Crippen LogP contribution in [0, 0.1) is 13.8 Å². The molecule has 0 aliphatic carbocycles. The van der Waals surface area contributed by atoms with E-state index in [0.717, 1.165) is 16.7 Å². The molecular weight excluding hydrogens is 440 g/mol.